The molecule has 1 saturated carbocycles. The molecule has 17 heteroatoms. The molecular formula is C43H48N6O11. The van der Waals surface area contributed by atoms with Crippen molar-refractivity contribution in [3.05, 3.63) is 131 Å². The van der Waals surface area contributed by atoms with E-state index in [-0.39, 0.29) is 46.7 Å². The van der Waals surface area contributed by atoms with Crippen LogP contribution in [-0.4, -0.2) is 30.7 Å². The highest BCUT2D eigenvalue weighted by Gasteiger charge is 2.33. The van der Waals surface area contributed by atoms with Crippen LogP contribution in [0.5, 0.6) is 0 Å². The molecule has 0 atom stereocenters. The second kappa shape index (κ2) is 19.3. The molecule has 1 aliphatic carbocycles. The smallest absolute Gasteiger partial charge is 0.360 e. The van der Waals surface area contributed by atoms with Gasteiger partial charge in [0.05, 0.1) is 24.8 Å². The van der Waals surface area contributed by atoms with Gasteiger partial charge < -0.3 is 34.5 Å². The fourth-order valence-corrected chi connectivity index (χ4v) is 7.65. The van der Waals surface area contributed by atoms with Crippen molar-refractivity contribution in [2.75, 3.05) is 17.5 Å². The zero-order valence-corrected chi connectivity index (χ0v) is 34.1. The van der Waals surface area contributed by atoms with E-state index in [2.05, 4.69) is 45.8 Å². The molecule has 7 rings (SSSR count). The summed E-state index contributed by atoms with van der Waals surface area (Å²) in [4.78, 5) is 91.4. The van der Waals surface area contributed by atoms with Gasteiger partial charge in [0.2, 0.25) is 11.8 Å². The number of fused-ring (bicyclic) bond motifs is 3. The summed E-state index contributed by atoms with van der Waals surface area (Å²) in [5, 5.41) is 11.6. The molecule has 1 fully saturated rings. The third-order valence-electron chi connectivity index (χ3n) is 10.3. The molecule has 316 valence electrons. The number of rotatable bonds is 9. The largest absolute Gasteiger partial charge is 0.435 e. The van der Waals surface area contributed by atoms with Gasteiger partial charge in [-0.1, -0.05) is 65.7 Å². The number of carbonyl (C=O) groups is 4. The number of carbonyl (C=O) groups excluding carboxylic acids is 4. The van der Waals surface area contributed by atoms with Crippen LogP contribution in [0.4, 0.5) is 17.3 Å². The molecule has 4 N–H and O–H groups in total. The van der Waals surface area contributed by atoms with Gasteiger partial charge in [-0.3, -0.25) is 28.8 Å². The van der Waals surface area contributed by atoms with Gasteiger partial charge >= 0.3 is 16.9 Å². The fourth-order valence-electron chi connectivity index (χ4n) is 7.65. The Morgan fingerprint density at radius 1 is 0.867 bits per heavy atom. The van der Waals surface area contributed by atoms with Gasteiger partial charge in [0.15, 0.2) is 0 Å². The van der Waals surface area contributed by atoms with Crippen LogP contribution in [-0.2, 0) is 41.7 Å². The molecule has 60 heavy (non-hydrogen) atoms. The van der Waals surface area contributed by atoms with E-state index < -0.39 is 16.9 Å². The first-order valence-electron chi connectivity index (χ1n) is 19.6. The number of hydrogen-bond donors (Lipinski definition) is 4. The van der Waals surface area contributed by atoms with Gasteiger partial charge in [-0.15, -0.1) is 0 Å². The number of allylic oxidation sites excluding steroid dienone is 2. The summed E-state index contributed by atoms with van der Waals surface area (Å²) in [5.41, 5.74) is 1.94. The Bertz CT molecular complexity index is 2500. The number of unbranched alkanes of at least 4 members (excludes halogenated alkanes) is 1. The van der Waals surface area contributed by atoms with Crippen LogP contribution >= 0.6 is 0 Å². The van der Waals surface area contributed by atoms with Gasteiger partial charge in [0, 0.05) is 37.2 Å². The predicted molar refractivity (Wildman–Crippen MR) is 220 cm³/mol. The molecule has 17 nitrogen and oxygen atoms in total. The third-order valence-corrected chi connectivity index (χ3v) is 10.3. The second-order valence-electron chi connectivity index (χ2n) is 14.6. The lowest BCUT2D eigenvalue weighted by molar-refractivity contribution is -0.114. The van der Waals surface area contributed by atoms with Crippen molar-refractivity contribution < 1.29 is 37.3 Å². The van der Waals surface area contributed by atoms with Gasteiger partial charge in [0.25, 0.3) is 23.4 Å². The minimum Gasteiger partial charge on any atom is -0.435 e. The number of anilines is 2. The second-order valence-corrected chi connectivity index (χ2v) is 14.6. The molecular weight excluding hydrogens is 777 g/mol. The third kappa shape index (κ3) is 9.72. The Hall–Kier alpha value is -6.80. The summed E-state index contributed by atoms with van der Waals surface area (Å²) in [6.07, 6.45) is 9.84. The Balaban J connectivity index is 0.000000174. The maximum atomic E-state index is 12.4. The average Bonchev–Trinajstić information content (AvgIpc) is 3.70. The van der Waals surface area contributed by atoms with Crippen LogP contribution in [0, 0.1) is 12.5 Å². The summed E-state index contributed by atoms with van der Waals surface area (Å²) in [6.45, 7) is 23.2. The van der Waals surface area contributed by atoms with Crippen LogP contribution < -0.4 is 43.2 Å². The quantitative estimate of drug-likeness (QED) is 0.193. The molecule has 6 heterocycles. The van der Waals surface area contributed by atoms with E-state index in [0.717, 1.165) is 19.3 Å². The number of amides is 4. The minimum absolute atomic E-state index is 0.0925. The first-order chi connectivity index (χ1) is 28.6. The van der Waals surface area contributed by atoms with E-state index in [1.165, 1.54) is 50.8 Å². The zero-order valence-electron chi connectivity index (χ0n) is 34.1. The summed E-state index contributed by atoms with van der Waals surface area (Å²) >= 11 is 0. The lowest BCUT2D eigenvalue weighted by Gasteiger charge is -2.29. The molecule has 0 aromatic carbocycles. The topological polar surface area (TPSA) is 224 Å². The maximum absolute atomic E-state index is 12.4. The number of nitrogens with one attached hydrogen (secondary N) is 4. The minimum atomic E-state index is -0.682. The molecule has 0 unspecified atom stereocenters. The van der Waals surface area contributed by atoms with Crippen molar-refractivity contribution in [1.29, 1.82) is 0 Å². The van der Waals surface area contributed by atoms with Crippen molar-refractivity contribution in [1.82, 2.24) is 16.0 Å². The lowest BCUT2D eigenvalue weighted by Crippen LogP contribution is -2.41. The van der Waals surface area contributed by atoms with E-state index in [9.17, 15) is 33.6 Å². The van der Waals surface area contributed by atoms with Crippen molar-refractivity contribution in [3.8, 4) is 0 Å². The van der Waals surface area contributed by atoms with E-state index in [4.69, 9.17) is 24.7 Å². The van der Waals surface area contributed by atoms with Gasteiger partial charge in [-0.25, -0.2) is 14.4 Å². The number of nitrogens with zero attached hydrogens (tertiary/aromatic N) is 2. The van der Waals surface area contributed by atoms with Gasteiger partial charge in [-0.05, 0) is 54.7 Å². The van der Waals surface area contributed by atoms with Crippen molar-refractivity contribution in [2.45, 2.75) is 97.8 Å². The van der Waals surface area contributed by atoms with E-state index in [1.807, 2.05) is 6.92 Å². The molecule has 3 aromatic heterocycles. The van der Waals surface area contributed by atoms with Gasteiger partial charge in [0.1, 0.15) is 28.6 Å². The predicted octanol–water partition coefficient (Wildman–Crippen LogP) is 5.64. The van der Waals surface area contributed by atoms with Crippen LogP contribution in [0.15, 0.2) is 70.7 Å². The summed E-state index contributed by atoms with van der Waals surface area (Å²) in [5.74, 6) is 0.190. The highest BCUT2D eigenvalue weighted by atomic mass is 16.7. The maximum Gasteiger partial charge on any atom is 0.360 e. The summed E-state index contributed by atoms with van der Waals surface area (Å²) in [6, 6.07) is 1.36. The highest BCUT2D eigenvalue weighted by molar-refractivity contribution is 6.03. The first kappa shape index (κ1) is 44.3. The first-order valence-corrected chi connectivity index (χ1v) is 19.6. The van der Waals surface area contributed by atoms with E-state index in [1.54, 1.807) is 6.92 Å². The number of hydroxylamine groups is 1. The zero-order chi connectivity index (χ0) is 43.8. The Kier molecular flexibility index (Phi) is 14.3. The monoisotopic (exact) mass is 824 g/mol. The molecule has 0 bridgehead atoms. The van der Waals surface area contributed by atoms with Crippen molar-refractivity contribution >= 4 is 40.9 Å². The fraction of sp³-hybridized carbons (Fsp3) is 0.395. The van der Waals surface area contributed by atoms with Crippen LogP contribution in [0.2, 0.25) is 0 Å². The molecule has 0 spiro atoms. The SMILES string of the molecule is C=C1Cc2oc(=O)c(NC(C)=O)c(CCC3CCCC3)c2C(=O)N1.C=C1NC(=O)c2c(CCCC)cc(=O)oc2N1OC.[C-]#[N+]c1c(CC)c2c(oc1=O)CC(=C)NC2=O. The molecule has 3 aromatic rings. The number of hydrogen-bond acceptors (Lipinski definition) is 12. The molecule has 4 amide bonds. The van der Waals surface area contributed by atoms with Crippen LogP contribution in [0.25, 0.3) is 4.85 Å². The standard InChI is InChI=1S/C18H22N2O4.C13H16N2O4.C12H10N2O3/c1-10-9-14-15(17(22)19-10)13(8-7-12-5-3-4-6-12)16(18(23)24-14)20-11(2)21;1-4-5-6-9-7-10(16)19-13-11(9)12(17)14-8(2)15(13)18-3;1-4-7-9-8(5-6(2)14-11(9)15)17-12(16)10(7)13-3/h12H,1,3-9H2,2H3,(H,19,22)(H,20,21);7H,2,4-6H2,1,3H3,(H,14,17);2,4-5H2,1H3,(H,14,15). The van der Waals surface area contributed by atoms with Crippen LogP contribution in [0.1, 0.15) is 125 Å². The normalized spacial score (nSPS) is 15.5. The average molecular weight is 825 g/mol. The van der Waals surface area contributed by atoms with Crippen molar-refractivity contribution in [3.63, 3.8) is 0 Å². The number of aryl methyl sites for hydroxylation is 1. The Labute approximate surface area is 345 Å². The molecule has 0 saturated heterocycles. The molecule has 4 aliphatic rings. The Morgan fingerprint density at radius 3 is 2.00 bits per heavy atom. The molecule has 3 aliphatic heterocycles. The lowest BCUT2D eigenvalue weighted by atomic mass is 9.92. The molecule has 0 radical (unpaired) electrons. The summed E-state index contributed by atoms with van der Waals surface area (Å²) < 4.78 is 15.4. The highest BCUT2D eigenvalue weighted by Crippen LogP contribution is 2.33. The van der Waals surface area contributed by atoms with Crippen molar-refractivity contribution in [2.24, 2.45) is 5.92 Å². The summed E-state index contributed by atoms with van der Waals surface area (Å²) in [7, 11) is 1.41. The van der Waals surface area contributed by atoms with E-state index in [0.29, 0.717) is 94.3 Å². The van der Waals surface area contributed by atoms with Gasteiger partial charge in [-0.2, -0.15) is 5.06 Å². The van der Waals surface area contributed by atoms with Crippen LogP contribution in [0.3, 0.4) is 0 Å². The Morgan fingerprint density at radius 2 is 1.45 bits per heavy atom. The van der Waals surface area contributed by atoms with E-state index >= 15 is 0 Å².